The number of methoxy groups -OCH3 is 2. The molecule has 1 aliphatic carbocycles. The molecule has 2 aromatic heterocycles. The minimum absolute atomic E-state index is 0.0211. The topological polar surface area (TPSA) is 188 Å². The van der Waals surface area contributed by atoms with Crippen LogP contribution >= 0.6 is 0 Å². The normalized spacial score (nSPS) is 16.7. The van der Waals surface area contributed by atoms with Crippen LogP contribution in [0.5, 0.6) is 11.5 Å². The molecule has 3 heterocycles. The molecule has 1 unspecified atom stereocenters. The molecule has 15 nitrogen and oxygen atoms in total. The molecule has 1 fully saturated rings. The molecule has 372 valence electrons. The Hall–Kier alpha value is -7.79. The van der Waals surface area contributed by atoms with Gasteiger partial charge in [-0.2, -0.15) is 0 Å². The Kier molecular flexibility index (Phi) is 14.7. The lowest BCUT2D eigenvalue weighted by atomic mass is 9.80. The van der Waals surface area contributed by atoms with Crippen molar-refractivity contribution >= 4 is 28.8 Å². The fraction of sp³-hybridized carbons (Fsp3) is 0.259. The van der Waals surface area contributed by atoms with Gasteiger partial charge in [0.05, 0.1) is 39.9 Å². The molecule has 15 heteroatoms. The van der Waals surface area contributed by atoms with E-state index in [-0.39, 0.29) is 43.6 Å². The van der Waals surface area contributed by atoms with Gasteiger partial charge in [0.2, 0.25) is 5.91 Å². The van der Waals surface area contributed by atoms with Gasteiger partial charge in [0, 0.05) is 30.9 Å². The molecule has 2 aliphatic rings. The monoisotopic (exact) mass is 980 g/mol. The van der Waals surface area contributed by atoms with Gasteiger partial charge in [-0.15, -0.1) is 0 Å². The average molecular weight is 981 g/mol. The van der Waals surface area contributed by atoms with Gasteiger partial charge in [-0.05, 0) is 93.7 Å². The van der Waals surface area contributed by atoms with E-state index in [0.717, 1.165) is 22.3 Å². The van der Waals surface area contributed by atoms with Gasteiger partial charge < -0.3 is 44.5 Å². The van der Waals surface area contributed by atoms with E-state index in [9.17, 15) is 19.8 Å². The highest BCUT2D eigenvalue weighted by Crippen LogP contribution is 2.45. The van der Waals surface area contributed by atoms with Crippen molar-refractivity contribution in [3.05, 3.63) is 203 Å². The predicted octanol–water partition coefficient (Wildman–Crippen LogP) is 8.69. The van der Waals surface area contributed by atoms with Crippen molar-refractivity contribution in [2.75, 3.05) is 32.8 Å². The zero-order chi connectivity index (χ0) is 50.3. The molecule has 8 aromatic rings. The van der Waals surface area contributed by atoms with E-state index in [1.807, 2.05) is 103 Å². The Morgan fingerprint density at radius 1 is 0.753 bits per heavy atom. The molecule has 73 heavy (non-hydrogen) atoms. The van der Waals surface area contributed by atoms with Crippen LogP contribution < -0.4 is 20.1 Å². The zero-order valence-corrected chi connectivity index (χ0v) is 40.5. The van der Waals surface area contributed by atoms with Gasteiger partial charge in [0.15, 0.2) is 23.3 Å². The number of aliphatic hydroxyl groups excluding tert-OH is 2. The van der Waals surface area contributed by atoms with Gasteiger partial charge >= 0.3 is 0 Å². The van der Waals surface area contributed by atoms with Gasteiger partial charge in [0.25, 0.3) is 5.91 Å². The van der Waals surface area contributed by atoms with Gasteiger partial charge in [-0.1, -0.05) is 115 Å². The third kappa shape index (κ3) is 10.3. The zero-order valence-electron chi connectivity index (χ0n) is 40.5. The molecule has 10 rings (SSSR count). The number of imidazole rings is 1. The Morgan fingerprint density at radius 3 is 2.01 bits per heavy atom. The van der Waals surface area contributed by atoms with Crippen molar-refractivity contribution in [2.45, 2.75) is 68.5 Å². The highest BCUT2D eigenvalue weighted by molar-refractivity contribution is 6.06. The number of carbonyl (C=O) groups is 2. The number of nitrogens with one attached hydrogen (secondary N) is 2. The standard InChI is InChI=1S/C58H56N6O9/c1-69-42-27-23-40(24-28-42)58(39-11-4-3-5-12-39,41-25-29-43(70-2)30-26-41)72-34-50-49(65)31-52(73-50)64-36-62-54-55(60-35-61-56(54)64)63-57(68)38-21-19-37(20-22-38)32-59-51(66)17-10-18-53(67)71-33-48-46-15-8-6-13-44(46)45-14-7-9-16-47(45)48/h3-9,11-16,19-30,35-36,48-50,52-53,65,67H,10,17-18,31-34H2,1-2H3,(H,59,66)(H,60,61,63,68)/t49?,50-,52-,53-/m1/s1. The molecular weight excluding hydrogens is 925 g/mol. The van der Waals surface area contributed by atoms with E-state index in [0.29, 0.717) is 47.7 Å². The number of amides is 2. The molecule has 4 atom stereocenters. The van der Waals surface area contributed by atoms with Crippen LogP contribution in [0.25, 0.3) is 22.3 Å². The highest BCUT2D eigenvalue weighted by atomic mass is 16.6. The maximum atomic E-state index is 13.5. The number of anilines is 1. The first kappa shape index (κ1) is 48.8. The minimum atomic E-state index is -1.11. The second kappa shape index (κ2) is 21.9. The second-order valence-electron chi connectivity index (χ2n) is 18.1. The van der Waals surface area contributed by atoms with Crippen molar-refractivity contribution in [3.8, 4) is 22.6 Å². The Labute approximate surface area is 422 Å². The molecule has 2 amide bonds. The summed E-state index contributed by atoms with van der Waals surface area (Å²) in [6.07, 6.45) is 0.878. The van der Waals surface area contributed by atoms with E-state index in [2.05, 4.69) is 49.9 Å². The van der Waals surface area contributed by atoms with Gasteiger partial charge in [-0.25, -0.2) is 15.0 Å². The van der Waals surface area contributed by atoms with E-state index < -0.39 is 36.2 Å². The summed E-state index contributed by atoms with van der Waals surface area (Å²) >= 11 is 0. The molecule has 1 saturated heterocycles. The summed E-state index contributed by atoms with van der Waals surface area (Å²) in [5.74, 6) is 1.09. The molecule has 6 aromatic carbocycles. The molecule has 0 bridgehead atoms. The number of aliphatic hydroxyl groups is 2. The number of nitrogens with zero attached hydrogens (tertiary/aromatic N) is 4. The van der Waals surface area contributed by atoms with Crippen LogP contribution in [0.15, 0.2) is 164 Å². The summed E-state index contributed by atoms with van der Waals surface area (Å²) in [7, 11) is 3.25. The summed E-state index contributed by atoms with van der Waals surface area (Å²) < 4.78 is 32.2. The molecule has 1 aliphatic heterocycles. The summed E-state index contributed by atoms with van der Waals surface area (Å²) in [4.78, 5) is 39.7. The average Bonchev–Trinajstić information content (AvgIpc) is 4.14. The summed E-state index contributed by atoms with van der Waals surface area (Å²) in [6.45, 7) is 0.641. The molecule has 0 radical (unpaired) electrons. The quantitative estimate of drug-likeness (QED) is 0.0421. The minimum Gasteiger partial charge on any atom is -0.497 e. The van der Waals surface area contributed by atoms with Crippen molar-refractivity contribution in [1.29, 1.82) is 0 Å². The van der Waals surface area contributed by atoms with Crippen LogP contribution in [0.3, 0.4) is 0 Å². The largest absolute Gasteiger partial charge is 0.497 e. The first-order valence-corrected chi connectivity index (χ1v) is 24.4. The fourth-order valence-electron chi connectivity index (χ4n) is 9.88. The lowest BCUT2D eigenvalue weighted by Crippen LogP contribution is -2.38. The smallest absolute Gasteiger partial charge is 0.256 e. The third-order valence-corrected chi connectivity index (χ3v) is 13.7. The molecule has 4 N–H and O–H groups in total. The van der Waals surface area contributed by atoms with Crippen LogP contribution in [0.1, 0.15) is 81.6 Å². The summed E-state index contributed by atoms with van der Waals surface area (Å²) in [6, 6.07) is 48.8. The maximum Gasteiger partial charge on any atom is 0.256 e. The lowest BCUT2D eigenvalue weighted by molar-refractivity contribution is -0.123. The number of hydrogen-bond acceptors (Lipinski definition) is 12. The van der Waals surface area contributed by atoms with E-state index >= 15 is 0 Å². The van der Waals surface area contributed by atoms with Crippen LogP contribution in [0.4, 0.5) is 5.82 Å². The van der Waals surface area contributed by atoms with Crippen molar-refractivity contribution < 1.29 is 43.5 Å². The number of ether oxygens (including phenoxy) is 5. The van der Waals surface area contributed by atoms with Crippen LogP contribution in [0, 0.1) is 0 Å². The van der Waals surface area contributed by atoms with Crippen LogP contribution in [-0.2, 0) is 31.2 Å². The Morgan fingerprint density at radius 2 is 1.37 bits per heavy atom. The number of hydrogen-bond donors (Lipinski definition) is 4. The maximum absolute atomic E-state index is 13.5. The van der Waals surface area contributed by atoms with Gasteiger partial charge in [-0.3, -0.25) is 14.2 Å². The lowest BCUT2D eigenvalue weighted by Gasteiger charge is -2.37. The van der Waals surface area contributed by atoms with Crippen molar-refractivity contribution in [1.82, 2.24) is 24.8 Å². The third-order valence-electron chi connectivity index (χ3n) is 13.7. The van der Waals surface area contributed by atoms with Crippen LogP contribution in [0.2, 0.25) is 0 Å². The first-order chi connectivity index (χ1) is 35.7. The van der Waals surface area contributed by atoms with Crippen molar-refractivity contribution in [3.63, 3.8) is 0 Å². The number of aromatic nitrogens is 4. The number of rotatable bonds is 20. The highest BCUT2D eigenvalue weighted by Gasteiger charge is 2.42. The van der Waals surface area contributed by atoms with E-state index in [1.165, 1.54) is 28.6 Å². The fourth-order valence-corrected chi connectivity index (χ4v) is 9.88. The molecule has 0 saturated carbocycles. The first-order valence-electron chi connectivity index (χ1n) is 24.4. The number of carbonyl (C=O) groups excluding carboxylic acids is 2. The Bertz CT molecular complexity index is 3080. The van der Waals surface area contributed by atoms with E-state index in [1.54, 1.807) is 49.4 Å². The molecule has 0 spiro atoms. The number of fused-ring (bicyclic) bond motifs is 4. The van der Waals surface area contributed by atoms with Crippen molar-refractivity contribution in [2.24, 2.45) is 0 Å². The van der Waals surface area contributed by atoms with E-state index in [4.69, 9.17) is 23.7 Å². The second-order valence-corrected chi connectivity index (χ2v) is 18.1. The molecular formula is C58H56N6O9. The predicted molar refractivity (Wildman–Crippen MR) is 274 cm³/mol. The van der Waals surface area contributed by atoms with Crippen LogP contribution in [-0.4, -0.2) is 87.5 Å². The Balaban J connectivity index is 0.731. The SMILES string of the molecule is COc1ccc(C(OC[C@H]2O[C@@H](n3cnc4c(NC(=O)c5ccc(CNC(=O)CCC[C@H](O)OCC6c7ccccc7-c7ccccc76)cc5)ncnc43)CC2O)(c2ccccc2)c2ccc(OC)cc2)cc1. The summed E-state index contributed by atoms with van der Waals surface area (Å²) in [5, 5.41) is 27.9. The summed E-state index contributed by atoms with van der Waals surface area (Å²) in [5.41, 5.74) is 8.17. The van der Waals surface area contributed by atoms with Gasteiger partial charge in [0.1, 0.15) is 35.8 Å². The number of benzene rings is 6.